The highest BCUT2D eigenvalue weighted by atomic mass is 32.2. The van der Waals surface area contributed by atoms with Crippen molar-refractivity contribution in [1.82, 2.24) is 10.6 Å². The number of esters is 1. The summed E-state index contributed by atoms with van der Waals surface area (Å²) >= 11 is 0. The minimum atomic E-state index is -1.32. The fourth-order valence-corrected chi connectivity index (χ4v) is 2.48. The number of ether oxygens (including phenoxy) is 1. The lowest BCUT2D eigenvalue weighted by atomic mass is 10.2. The molecule has 0 fully saturated rings. The number of imide groups is 1. The Morgan fingerprint density at radius 3 is 2.50 bits per heavy atom. The van der Waals surface area contributed by atoms with Crippen molar-refractivity contribution in [2.45, 2.75) is 24.8 Å². The van der Waals surface area contributed by atoms with Gasteiger partial charge < -0.3 is 10.1 Å². The zero-order chi connectivity index (χ0) is 16.7. The molecule has 7 nitrogen and oxygen atoms in total. The average Bonchev–Trinajstić information content (AvgIpc) is 2.53. The number of hydrogen-bond acceptors (Lipinski definition) is 5. The van der Waals surface area contributed by atoms with Gasteiger partial charge in [0.2, 0.25) is 0 Å². The zero-order valence-electron chi connectivity index (χ0n) is 12.5. The molecule has 2 N–H and O–H groups in total. The summed E-state index contributed by atoms with van der Waals surface area (Å²) in [5, 5.41) is 4.22. The predicted molar refractivity (Wildman–Crippen MR) is 80.9 cm³/mol. The molecule has 3 amide bonds. The third kappa shape index (κ3) is 4.66. The molecule has 0 unspecified atom stereocenters. The largest absolute Gasteiger partial charge is 0.449 e. The Bertz CT molecular complexity index is 603. The van der Waals surface area contributed by atoms with Crippen LogP contribution in [0.1, 0.15) is 24.2 Å². The van der Waals surface area contributed by atoms with Crippen LogP contribution >= 0.6 is 0 Å². The normalized spacial score (nSPS) is 12.9. The van der Waals surface area contributed by atoms with E-state index in [0.717, 1.165) is 0 Å². The quantitative estimate of drug-likeness (QED) is 0.780. The molecular formula is C14H18N2O5S. The Hall–Kier alpha value is -2.22. The molecule has 1 aromatic carbocycles. The van der Waals surface area contributed by atoms with Crippen molar-refractivity contribution in [3.8, 4) is 0 Å². The highest BCUT2D eigenvalue weighted by Crippen LogP contribution is 2.15. The van der Waals surface area contributed by atoms with Gasteiger partial charge in [0.1, 0.15) is 0 Å². The maximum absolute atomic E-state index is 12.1. The Morgan fingerprint density at radius 2 is 1.91 bits per heavy atom. The molecule has 0 aliphatic heterocycles. The first-order valence-electron chi connectivity index (χ1n) is 6.61. The van der Waals surface area contributed by atoms with Crippen LogP contribution in [0, 0.1) is 0 Å². The molecule has 8 heteroatoms. The molecular weight excluding hydrogens is 308 g/mol. The molecule has 1 rings (SSSR count). The van der Waals surface area contributed by atoms with Gasteiger partial charge in [0.15, 0.2) is 6.10 Å². The second-order valence-electron chi connectivity index (χ2n) is 4.25. The molecule has 0 bridgehead atoms. The molecule has 0 heterocycles. The fourth-order valence-electron chi connectivity index (χ4n) is 1.54. The molecule has 120 valence electrons. The average molecular weight is 326 g/mol. The van der Waals surface area contributed by atoms with Gasteiger partial charge in [-0.2, -0.15) is 0 Å². The molecule has 0 aliphatic carbocycles. The van der Waals surface area contributed by atoms with Gasteiger partial charge in [0.25, 0.3) is 5.91 Å². The molecule has 22 heavy (non-hydrogen) atoms. The van der Waals surface area contributed by atoms with Crippen molar-refractivity contribution in [2.75, 3.05) is 12.8 Å². The zero-order valence-corrected chi connectivity index (χ0v) is 13.4. The maximum atomic E-state index is 12.1. The fraction of sp³-hybridized carbons (Fsp3) is 0.357. The van der Waals surface area contributed by atoms with Crippen molar-refractivity contribution >= 4 is 28.7 Å². The summed E-state index contributed by atoms with van der Waals surface area (Å²) in [6.45, 7) is 3.08. The van der Waals surface area contributed by atoms with E-state index in [0.29, 0.717) is 10.6 Å². The summed E-state index contributed by atoms with van der Waals surface area (Å²) in [6.07, 6.45) is -1.16. The third-order valence-corrected chi connectivity index (χ3v) is 4.10. The van der Waals surface area contributed by atoms with Crippen LogP contribution in [0.25, 0.3) is 0 Å². The summed E-state index contributed by atoms with van der Waals surface area (Å²) < 4.78 is 16.9. The second-order valence-corrected chi connectivity index (χ2v) is 5.95. The summed E-state index contributed by atoms with van der Waals surface area (Å²) in [6, 6.07) is 5.64. The van der Waals surface area contributed by atoms with E-state index in [1.807, 2.05) is 5.32 Å². The van der Waals surface area contributed by atoms with Gasteiger partial charge >= 0.3 is 12.0 Å². The van der Waals surface area contributed by atoms with Crippen molar-refractivity contribution < 1.29 is 23.3 Å². The van der Waals surface area contributed by atoms with Crippen LogP contribution in [0.5, 0.6) is 0 Å². The standard InChI is InChI=1S/C14H18N2O5S/c1-4-22(20)11-8-6-5-7-10(11)13(18)21-9(2)12(17)16-14(19)15-3/h5-9H,4H2,1-3H3,(H2,15,16,17,19)/t9-,22-/m0/s1. The molecule has 0 aliphatic rings. The maximum Gasteiger partial charge on any atom is 0.340 e. The molecule has 0 spiro atoms. The highest BCUT2D eigenvalue weighted by Gasteiger charge is 2.23. The summed E-state index contributed by atoms with van der Waals surface area (Å²) in [4.78, 5) is 35.2. The number of urea groups is 1. The van der Waals surface area contributed by atoms with Crippen molar-refractivity contribution in [1.29, 1.82) is 0 Å². The molecule has 0 saturated carbocycles. The molecule has 2 atom stereocenters. The third-order valence-electron chi connectivity index (χ3n) is 2.73. The van der Waals surface area contributed by atoms with E-state index in [9.17, 15) is 18.6 Å². The van der Waals surface area contributed by atoms with Crippen molar-refractivity contribution in [2.24, 2.45) is 0 Å². The lowest BCUT2D eigenvalue weighted by Crippen LogP contribution is -2.43. The number of nitrogens with one attached hydrogen (secondary N) is 2. The first-order valence-corrected chi connectivity index (χ1v) is 7.93. The van der Waals surface area contributed by atoms with Gasteiger partial charge in [-0.1, -0.05) is 19.1 Å². The second kappa shape index (κ2) is 8.28. The van der Waals surface area contributed by atoms with Crippen LogP contribution in [-0.4, -0.2) is 41.0 Å². The van der Waals surface area contributed by atoms with Gasteiger partial charge in [-0.25, -0.2) is 9.59 Å². The number of amides is 3. The number of carbonyl (C=O) groups excluding carboxylic acids is 3. The monoisotopic (exact) mass is 326 g/mol. The minimum Gasteiger partial charge on any atom is -0.449 e. The molecule has 1 aromatic rings. The van der Waals surface area contributed by atoms with Crippen LogP contribution in [-0.2, 0) is 20.3 Å². The Balaban J connectivity index is 2.83. The first kappa shape index (κ1) is 17.8. The van der Waals surface area contributed by atoms with E-state index in [-0.39, 0.29) is 5.56 Å². The van der Waals surface area contributed by atoms with Gasteiger partial charge in [-0.05, 0) is 19.1 Å². The first-order chi connectivity index (χ1) is 10.4. The Kier molecular flexibility index (Phi) is 6.71. The van der Waals surface area contributed by atoms with E-state index in [2.05, 4.69) is 5.32 Å². The van der Waals surface area contributed by atoms with Gasteiger partial charge in [-0.15, -0.1) is 0 Å². The smallest absolute Gasteiger partial charge is 0.340 e. The predicted octanol–water partition coefficient (Wildman–Crippen LogP) is 0.815. The number of rotatable bonds is 5. The lowest BCUT2D eigenvalue weighted by molar-refractivity contribution is -0.127. The Labute approximate surface area is 130 Å². The molecule has 0 aromatic heterocycles. The molecule has 0 radical (unpaired) electrons. The van der Waals surface area contributed by atoms with E-state index in [1.165, 1.54) is 20.0 Å². The molecule has 0 saturated heterocycles. The summed E-state index contributed by atoms with van der Waals surface area (Å²) in [5.41, 5.74) is 0.141. The van der Waals surface area contributed by atoms with E-state index in [1.54, 1.807) is 25.1 Å². The van der Waals surface area contributed by atoms with E-state index >= 15 is 0 Å². The highest BCUT2D eigenvalue weighted by molar-refractivity contribution is 7.85. The van der Waals surface area contributed by atoms with Crippen LogP contribution in [0.15, 0.2) is 29.2 Å². The topological polar surface area (TPSA) is 102 Å². The van der Waals surface area contributed by atoms with E-state index in [4.69, 9.17) is 4.74 Å². The SMILES string of the molecule is CC[S@](=O)c1ccccc1C(=O)O[C@@H](C)C(=O)NC(=O)NC. The van der Waals surface area contributed by atoms with Gasteiger partial charge in [0, 0.05) is 12.8 Å². The lowest BCUT2D eigenvalue weighted by Gasteiger charge is -2.14. The van der Waals surface area contributed by atoms with Crippen molar-refractivity contribution in [3.63, 3.8) is 0 Å². The summed E-state index contributed by atoms with van der Waals surface area (Å²) in [7, 11) is 0.0327. The van der Waals surface area contributed by atoms with Crippen LogP contribution in [0.4, 0.5) is 4.79 Å². The number of hydrogen-bond donors (Lipinski definition) is 2. The van der Waals surface area contributed by atoms with Crippen molar-refractivity contribution in [3.05, 3.63) is 29.8 Å². The van der Waals surface area contributed by atoms with Crippen LogP contribution in [0.2, 0.25) is 0 Å². The summed E-state index contributed by atoms with van der Waals surface area (Å²) in [5.74, 6) is -1.16. The number of carbonyl (C=O) groups is 3. The van der Waals surface area contributed by atoms with Gasteiger partial charge in [-0.3, -0.25) is 14.3 Å². The van der Waals surface area contributed by atoms with Gasteiger partial charge in [0.05, 0.1) is 21.3 Å². The van der Waals surface area contributed by atoms with Crippen LogP contribution in [0.3, 0.4) is 0 Å². The van der Waals surface area contributed by atoms with E-state index < -0.39 is 34.8 Å². The Morgan fingerprint density at radius 1 is 1.27 bits per heavy atom. The van der Waals surface area contributed by atoms with Crippen LogP contribution < -0.4 is 10.6 Å². The minimum absolute atomic E-state index is 0.141. The number of benzene rings is 1.